The van der Waals surface area contributed by atoms with Crippen molar-refractivity contribution in [1.29, 1.82) is 5.41 Å². The fraction of sp³-hybridized carbons (Fsp3) is 0. The number of nitrogens with one attached hydrogen (secondary N) is 1. The Labute approximate surface area is 83.6 Å². The second kappa shape index (κ2) is 3.60. The summed E-state index contributed by atoms with van der Waals surface area (Å²) in [5.74, 6) is -0.549. The molecule has 1 rings (SSSR count). The molecule has 0 amide bonds. The zero-order chi connectivity index (χ0) is 9.30. The first-order valence-electron chi connectivity index (χ1n) is 2.91. The second-order valence-electron chi connectivity index (χ2n) is 2.06. The molecule has 0 aliphatic rings. The van der Waals surface area contributed by atoms with Crippen molar-refractivity contribution >= 4 is 40.0 Å². The van der Waals surface area contributed by atoms with Crippen LogP contribution in [0.5, 0.6) is 0 Å². The van der Waals surface area contributed by atoms with Crippen LogP contribution < -0.4 is 0 Å². The highest BCUT2D eigenvalue weighted by molar-refractivity contribution is 6.70. The molecule has 0 heterocycles. The molecule has 0 atom stereocenters. The van der Waals surface area contributed by atoms with Crippen LogP contribution in [0.3, 0.4) is 0 Å². The minimum absolute atomic E-state index is 0.0417. The van der Waals surface area contributed by atoms with Crippen molar-refractivity contribution in [2.45, 2.75) is 0 Å². The van der Waals surface area contributed by atoms with Crippen molar-refractivity contribution in [2.24, 2.45) is 0 Å². The Kier molecular flexibility index (Phi) is 2.94. The smallest absolute Gasteiger partial charge is 0.131 e. The van der Waals surface area contributed by atoms with Gasteiger partial charge in [0.25, 0.3) is 0 Å². The van der Waals surface area contributed by atoms with Crippen molar-refractivity contribution < 1.29 is 4.39 Å². The molecule has 0 saturated carbocycles. The Morgan fingerprint density at radius 2 is 1.67 bits per heavy atom. The summed E-state index contributed by atoms with van der Waals surface area (Å²) in [6, 6.07) is 2.11. The van der Waals surface area contributed by atoms with Crippen LogP contribution in [0, 0.1) is 11.2 Å². The van der Waals surface area contributed by atoms with E-state index in [1.807, 2.05) is 0 Å². The number of benzene rings is 1. The lowest BCUT2D eigenvalue weighted by molar-refractivity contribution is 0.628. The van der Waals surface area contributed by atoms with Crippen molar-refractivity contribution in [3.8, 4) is 0 Å². The van der Waals surface area contributed by atoms with Crippen LogP contribution in [0.2, 0.25) is 10.0 Å². The van der Waals surface area contributed by atoms with Gasteiger partial charge in [-0.1, -0.05) is 34.8 Å². The van der Waals surface area contributed by atoms with E-state index in [9.17, 15) is 4.39 Å². The maximum atomic E-state index is 12.6. The standard InChI is InChI=1S/C7H3Cl3FN/c8-4-1-3(11)2-5(9)6(4)7(10)12/h1-2,12H. The highest BCUT2D eigenvalue weighted by atomic mass is 35.5. The fourth-order valence-corrected chi connectivity index (χ4v) is 1.70. The molecule has 0 bridgehead atoms. The Balaban J connectivity index is 3.38. The summed E-state index contributed by atoms with van der Waals surface area (Å²) in [6.07, 6.45) is 0. The van der Waals surface area contributed by atoms with Gasteiger partial charge in [0.2, 0.25) is 0 Å². The first kappa shape index (κ1) is 9.78. The van der Waals surface area contributed by atoms with Gasteiger partial charge in [-0.25, -0.2) is 4.39 Å². The Hall–Kier alpha value is -0.310. The number of hydrogen-bond donors (Lipinski definition) is 1. The molecule has 12 heavy (non-hydrogen) atoms. The Morgan fingerprint density at radius 3 is 2.00 bits per heavy atom. The molecule has 0 spiro atoms. The van der Waals surface area contributed by atoms with Gasteiger partial charge in [0.05, 0.1) is 10.0 Å². The van der Waals surface area contributed by atoms with E-state index in [2.05, 4.69) is 0 Å². The average molecular weight is 226 g/mol. The van der Waals surface area contributed by atoms with Gasteiger partial charge >= 0.3 is 0 Å². The van der Waals surface area contributed by atoms with Gasteiger partial charge in [0, 0.05) is 5.56 Å². The third kappa shape index (κ3) is 1.89. The molecule has 0 aromatic heterocycles. The van der Waals surface area contributed by atoms with Gasteiger partial charge in [0.15, 0.2) is 0 Å². The largest absolute Gasteiger partial charge is 0.289 e. The summed E-state index contributed by atoms with van der Waals surface area (Å²) < 4.78 is 12.6. The Morgan fingerprint density at radius 1 is 1.25 bits per heavy atom. The average Bonchev–Trinajstić information content (AvgIpc) is 1.82. The van der Waals surface area contributed by atoms with Gasteiger partial charge in [-0.2, -0.15) is 0 Å². The minimum atomic E-state index is -0.549. The summed E-state index contributed by atoms with van der Waals surface area (Å²) in [5.41, 5.74) is 0.154. The fourth-order valence-electron chi connectivity index (χ4n) is 0.752. The summed E-state index contributed by atoms with van der Waals surface area (Å²) in [7, 11) is 0. The predicted molar refractivity (Wildman–Crippen MR) is 49.1 cm³/mol. The van der Waals surface area contributed by atoms with Gasteiger partial charge in [-0.3, -0.25) is 5.41 Å². The minimum Gasteiger partial charge on any atom is -0.289 e. The molecule has 0 aliphatic heterocycles. The van der Waals surface area contributed by atoms with E-state index in [1.54, 1.807) is 0 Å². The number of halogens is 4. The van der Waals surface area contributed by atoms with Crippen molar-refractivity contribution in [3.63, 3.8) is 0 Å². The summed E-state index contributed by atoms with van der Waals surface area (Å²) in [4.78, 5) is 0. The normalized spacial score (nSPS) is 10.0. The van der Waals surface area contributed by atoms with Gasteiger partial charge in [-0.15, -0.1) is 0 Å². The lowest BCUT2D eigenvalue weighted by Gasteiger charge is -2.02. The highest BCUT2D eigenvalue weighted by Crippen LogP contribution is 2.27. The van der Waals surface area contributed by atoms with Crippen molar-refractivity contribution in [2.75, 3.05) is 0 Å². The summed E-state index contributed by atoms with van der Waals surface area (Å²) in [6.45, 7) is 0. The maximum Gasteiger partial charge on any atom is 0.131 e. The van der Waals surface area contributed by atoms with Crippen LogP contribution >= 0.6 is 34.8 Å². The zero-order valence-electron chi connectivity index (χ0n) is 5.67. The molecule has 0 radical (unpaired) electrons. The first-order chi connectivity index (χ1) is 5.52. The van der Waals surface area contributed by atoms with E-state index in [0.29, 0.717) is 0 Å². The van der Waals surface area contributed by atoms with Crippen molar-refractivity contribution in [3.05, 3.63) is 33.6 Å². The molecule has 1 N–H and O–H groups in total. The molecule has 1 nitrogen and oxygen atoms in total. The summed E-state index contributed by atoms with van der Waals surface area (Å²) >= 11 is 16.5. The van der Waals surface area contributed by atoms with Gasteiger partial charge in [-0.05, 0) is 12.1 Å². The van der Waals surface area contributed by atoms with E-state index < -0.39 is 5.82 Å². The van der Waals surface area contributed by atoms with Crippen LogP contribution in [0.25, 0.3) is 0 Å². The molecular weight excluding hydrogens is 223 g/mol. The van der Waals surface area contributed by atoms with Crippen LogP contribution in [-0.2, 0) is 0 Å². The van der Waals surface area contributed by atoms with Crippen molar-refractivity contribution in [1.82, 2.24) is 0 Å². The van der Waals surface area contributed by atoms with Crippen LogP contribution in [-0.4, -0.2) is 5.17 Å². The third-order valence-corrected chi connectivity index (χ3v) is 2.01. The molecule has 5 heteroatoms. The van der Waals surface area contributed by atoms with Gasteiger partial charge in [0.1, 0.15) is 11.0 Å². The molecule has 0 fully saturated rings. The SMILES string of the molecule is N=C(Cl)c1c(Cl)cc(F)cc1Cl. The molecular formula is C7H3Cl3FN. The van der Waals surface area contributed by atoms with E-state index in [1.165, 1.54) is 0 Å². The van der Waals surface area contributed by atoms with Crippen LogP contribution in [0.15, 0.2) is 12.1 Å². The lowest BCUT2D eigenvalue weighted by Crippen LogP contribution is -1.93. The zero-order valence-corrected chi connectivity index (χ0v) is 7.93. The molecule has 1 aromatic carbocycles. The maximum absolute atomic E-state index is 12.6. The predicted octanol–water partition coefficient (Wildman–Crippen LogP) is 3.70. The van der Waals surface area contributed by atoms with E-state index in [0.717, 1.165) is 12.1 Å². The van der Waals surface area contributed by atoms with Crippen LogP contribution in [0.1, 0.15) is 5.56 Å². The lowest BCUT2D eigenvalue weighted by atomic mass is 10.2. The second-order valence-corrected chi connectivity index (χ2v) is 3.25. The quantitative estimate of drug-likeness (QED) is 0.706. The molecule has 1 aromatic rings. The van der Waals surface area contributed by atoms with E-state index >= 15 is 0 Å². The highest BCUT2D eigenvalue weighted by Gasteiger charge is 2.10. The third-order valence-electron chi connectivity index (χ3n) is 1.23. The molecule has 64 valence electrons. The molecule has 0 aliphatic carbocycles. The monoisotopic (exact) mass is 225 g/mol. The van der Waals surface area contributed by atoms with Gasteiger partial charge < -0.3 is 0 Å². The van der Waals surface area contributed by atoms with Crippen LogP contribution in [0.4, 0.5) is 4.39 Å². The number of rotatable bonds is 1. The first-order valence-corrected chi connectivity index (χ1v) is 4.04. The number of hydrogen-bond acceptors (Lipinski definition) is 1. The van der Waals surface area contributed by atoms with E-state index in [-0.39, 0.29) is 20.8 Å². The Bertz CT molecular complexity index is 314. The summed E-state index contributed by atoms with van der Waals surface area (Å²) in [5, 5.41) is 6.84. The molecule has 0 unspecified atom stereocenters. The van der Waals surface area contributed by atoms with E-state index in [4.69, 9.17) is 40.2 Å². The molecule has 0 saturated heterocycles. The topological polar surface area (TPSA) is 23.9 Å².